The Morgan fingerprint density at radius 2 is 1.56 bits per heavy atom. The number of hydrogen-bond donors (Lipinski definition) is 3. The van der Waals surface area contributed by atoms with Crippen LogP contribution >= 0.6 is 11.3 Å². The highest BCUT2D eigenvalue weighted by Gasteiger charge is 2.12. The topological polar surface area (TPSA) is 97.1 Å². The molecule has 0 atom stereocenters. The quantitative estimate of drug-likeness (QED) is 0.665. The van der Waals surface area contributed by atoms with E-state index in [9.17, 15) is 14.0 Å². The van der Waals surface area contributed by atoms with Crippen molar-refractivity contribution >= 4 is 34.6 Å². The molecule has 3 amide bonds. The molecule has 126 valence electrons. The van der Waals surface area contributed by atoms with Gasteiger partial charge in [-0.2, -0.15) is 0 Å². The third-order valence-electron chi connectivity index (χ3n) is 3.24. The van der Waals surface area contributed by atoms with Crippen LogP contribution in [-0.4, -0.2) is 16.9 Å². The standard InChI is InChI=1S/C17H13FN4O2S/c18-11-3-1-10(2-4-11)16-22-14(9-25-16)15(23)20-12-5-7-13(8-6-12)21-17(19)24/h1-9H,(H,20,23)(H3,19,21,24). The van der Waals surface area contributed by atoms with Crippen LogP contribution in [0.25, 0.3) is 10.6 Å². The molecule has 4 N–H and O–H groups in total. The number of nitrogens with one attached hydrogen (secondary N) is 2. The molecule has 0 bridgehead atoms. The van der Waals surface area contributed by atoms with Gasteiger partial charge >= 0.3 is 6.03 Å². The van der Waals surface area contributed by atoms with Crippen molar-refractivity contribution in [2.75, 3.05) is 10.6 Å². The van der Waals surface area contributed by atoms with E-state index >= 15 is 0 Å². The second-order valence-corrected chi connectivity index (χ2v) is 5.92. The number of amides is 3. The number of carbonyl (C=O) groups excluding carboxylic acids is 2. The fourth-order valence-electron chi connectivity index (χ4n) is 2.08. The van der Waals surface area contributed by atoms with Gasteiger partial charge in [0.25, 0.3) is 5.91 Å². The lowest BCUT2D eigenvalue weighted by molar-refractivity contribution is 0.102. The van der Waals surface area contributed by atoms with Crippen molar-refractivity contribution in [2.45, 2.75) is 0 Å². The normalized spacial score (nSPS) is 10.3. The number of anilines is 2. The van der Waals surface area contributed by atoms with E-state index in [0.717, 1.165) is 5.56 Å². The number of nitrogens with zero attached hydrogens (tertiary/aromatic N) is 1. The first-order valence-corrected chi connectivity index (χ1v) is 8.08. The van der Waals surface area contributed by atoms with E-state index in [2.05, 4.69) is 15.6 Å². The number of benzene rings is 2. The number of thiazole rings is 1. The summed E-state index contributed by atoms with van der Waals surface area (Å²) in [6.07, 6.45) is 0. The molecule has 0 saturated heterocycles. The lowest BCUT2D eigenvalue weighted by Gasteiger charge is -2.05. The van der Waals surface area contributed by atoms with Gasteiger partial charge in [0.1, 0.15) is 16.5 Å². The van der Waals surface area contributed by atoms with Crippen LogP contribution in [0.4, 0.5) is 20.6 Å². The summed E-state index contributed by atoms with van der Waals surface area (Å²) in [7, 11) is 0. The molecule has 25 heavy (non-hydrogen) atoms. The first-order chi connectivity index (χ1) is 12.0. The molecular formula is C17H13FN4O2S. The van der Waals surface area contributed by atoms with Gasteiger partial charge in [0, 0.05) is 22.3 Å². The number of primary amides is 1. The number of hydrogen-bond acceptors (Lipinski definition) is 4. The predicted molar refractivity (Wildman–Crippen MR) is 95.1 cm³/mol. The van der Waals surface area contributed by atoms with Crippen molar-refractivity contribution in [3.8, 4) is 10.6 Å². The number of rotatable bonds is 4. The molecule has 0 unspecified atom stereocenters. The van der Waals surface area contributed by atoms with Crippen LogP contribution in [0.15, 0.2) is 53.9 Å². The molecule has 0 radical (unpaired) electrons. The summed E-state index contributed by atoms with van der Waals surface area (Å²) >= 11 is 1.30. The molecule has 1 aromatic heterocycles. The summed E-state index contributed by atoms with van der Waals surface area (Å²) in [5.74, 6) is -0.687. The zero-order valence-electron chi connectivity index (χ0n) is 12.8. The molecule has 2 aromatic carbocycles. The Kier molecular flexibility index (Phi) is 4.71. The molecular weight excluding hydrogens is 343 g/mol. The Morgan fingerprint density at radius 3 is 2.16 bits per heavy atom. The van der Waals surface area contributed by atoms with Crippen molar-refractivity contribution in [1.29, 1.82) is 0 Å². The molecule has 8 heteroatoms. The van der Waals surface area contributed by atoms with E-state index in [4.69, 9.17) is 5.73 Å². The summed E-state index contributed by atoms with van der Waals surface area (Å²) in [5, 5.41) is 7.41. The average molecular weight is 356 g/mol. The molecule has 0 fully saturated rings. The van der Waals surface area contributed by atoms with Crippen LogP contribution in [-0.2, 0) is 0 Å². The molecule has 1 heterocycles. The molecule has 0 aliphatic carbocycles. The number of carbonyl (C=O) groups is 2. The Labute approximate surface area is 146 Å². The Bertz CT molecular complexity index is 907. The van der Waals surface area contributed by atoms with Crippen LogP contribution in [0.5, 0.6) is 0 Å². The Hall–Kier alpha value is -3.26. The average Bonchev–Trinajstić information content (AvgIpc) is 3.07. The third kappa shape index (κ3) is 4.18. The number of halogens is 1. The fourth-order valence-corrected chi connectivity index (χ4v) is 2.88. The molecule has 0 aliphatic rings. The first kappa shape index (κ1) is 16.6. The maximum atomic E-state index is 13.0. The van der Waals surface area contributed by atoms with Crippen LogP contribution < -0.4 is 16.4 Å². The van der Waals surface area contributed by atoms with Crippen LogP contribution in [0.1, 0.15) is 10.5 Å². The maximum absolute atomic E-state index is 13.0. The van der Waals surface area contributed by atoms with Crippen LogP contribution in [0, 0.1) is 5.82 Å². The zero-order chi connectivity index (χ0) is 17.8. The first-order valence-electron chi connectivity index (χ1n) is 7.20. The van der Waals surface area contributed by atoms with Crippen molar-refractivity contribution in [3.63, 3.8) is 0 Å². The third-order valence-corrected chi connectivity index (χ3v) is 4.13. The maximum Gasteiger partial charge on any atom is 0.316 e. The number of urea groups is 1. The van der Waals surface area contributed by atoms with E-state index in [1.807, 2.05) is 0 Å². The monoisotopic (exact) mass is 356 g/mol. The van der Waals surface area contributed by atoms with Gasteiger partial charge in [-0.1, -0.05) is 0 Å². The Morgan fingerprint density at radius 1 is 0.960 bits per heavy atom. The fraction of sp³-hybridized carbons (Fsp3) is 0. The SMILES string of the molecule is NC(=O)Nc1ccc(NC(=O)c2csc(-c3ccc(F)cc3)n2)cc1. The zero-order valence-corrected chi connectivity index (χ0v) is 13.6. The van der Waals surface area contributed by atoms with Gasteiger partial charge in [-0.15, -0.1) is 11.3 Å². The minimum Gasteiger partial charge on any atom is -0.351 e. The minimum absolute atomic E-state index is 0.267. The summed E-state index contributed by atoms with van der Waals surface area (Å²) in [5.41, 5.74) is 7.12. The molecule has 3 rings (SSSR count). The van der Waals surface area contributed by atoms with E-state index in [1.165, 1.54) is 23.5 Å². The van der Waals surface area contributed by atoms with Gasteiger partial charge in [0.2, 0.25) is 0 Å². The predicted octanol–water partition coefficient (Wildman–Crippen LogP) is 3.69. The van der Waals surface area contributed by atoms with Gasteiger partial charge < -0.3 is 16.4 Å². The summed E-state index contributed by atoms with van der Waals surface area (Å²) < 4.78 is 13.0. The highest BCUT2D eigenvalue weighted by Crippen LogP contribution is 2.24. The largest absolute Gasteiger partial charge is 0.351 e. The van der Waals surface area contributed by atoms with E-state index in [-0.39, 0.29) is 17.4 Å². The smallest absolute Gasteiger partial charge is 0.316 e. The Balaban J connectivity index is 1.69. The summed E-state index contributed by atoms with van der Waals surface area (Å²) in [6.45, 7) is 0. The molecule has 0 spiro atoms. The second kappa shape index (κ2) is 7.10. The number of nitrogens with two attached hydrogens (primary N) is 1. The minimum atomic E-state index is -0.660. The summed E-state index contributed by atoms with van der Waals surface area (Å²) in [4.78, 5) is 27.3. The van der Waals surface area contributed by atoms with Crippen molar-refractivity contribution in [1.82, 2.24) is 4.98 Å². The summed E-state index contributed by atoms with van der Waals surface area (Å²) in [6, 6.07) is 11.8. The lowest BCUT2D eigenvalue weighted by atomic mass is 10.2. The van der Waals surface area contributed by atoms with Gasteiger partial charge in [-0.05, 0) is 48.5 Å². The molecule has 0 saturated carbocycles. The lowest BCUT2D eigenvalue weighted by Crippen LogP contribution is -2.19. The van der Waals surface area contributed by atoms with Crippen LogP contribution in [0.3, 0.4) is 0 Å². The van der Waals surface area contributed by atoms with Crippen molar-refractivity contribution in [3.05, 3.63) is 65.4 Å². The van der Waals surface area contributed by atoms with Gasteiger partial charge in [-0.25, -0.2) is 14.2 Å². The second-order valence-electron chi connectivity index (χ2n) is 5.07. The van der Waals surface area contributed by atoms with Crippen molar-refractivity contribution < 1.29 is 14.0 Å². The van der Waals surface area contributed by atoms with Crippen LogP contribution in [0.2, 0.25) is 0 Å². The number of aromatic nitrogens is 1. The molecule has 3 aromatic rings. The highest BCUT2D eigenvalue weighted by atomic mass is 32.1. The van der Waals surface area contributed by atoms with Crippen molar-refractivity contribution in [2.24, 2.45) is 5.73 Å². The van der Waals surface area contributed by atoms with Gasteiger partial charge in [0.15, 0.2) is 0 Å². The van der Waals surface area contributed by atoms with Gasteiger partial charge in [-0.3, -0.25) is 4.79 Å². The van der Waals surface area contributed by atoms with E-state index in [0.29, 0.717) is 16.4 Å². The molecule has 6 nitrogen and oxygen atoms in total. The van der Waals surface area contributed by atoms with E-state index in [1.54, 1.807) is 41.8 Å². The molecule has 0 aliphatic heterocycles. The van der Waals surface area contributed by atoms with Gasteiger partial charge in [0.05, 0.1) is 0 Å². The highest BCUT2D eigenvalue weighted by molar-refractivity contribution is 7.13. The van der Waals surface area contributed by atoms with E-state index < -0.39 is 6.03 Å².